The monoisotopic (exact) mass is 267 g/mol. The molecule has 2 heterocycles. The quantitative estimate of drug-likeness (QED) is 0.784. The van der Waals surface area contributed by atoms with Gasteiger partial charge in [-0.1, -0.05) is 12.1 Å². The second kappa shape index (κ2) is 4.93. The molecule has 0 aliphatic carbocycles. The van der Waals surface area contributed by atoms with E-state index in [4.69, 9.17) is 9.84 Å². The maximum absolute atomic E-state index is 10.9. The third kappa shape index (κ3) is 2.39. The van der Waals surface area contributed by atoms with E-state index in [9.17, 15) is 4.79 Å². The summed E-state index contributed by atoms with van der Waals surface area (Å²) in [6.45, 7) is 0. The van der Waals surface area contributed by atoms with E-state index in [2.05, 4.69) is 15.0 Å². The Morgan fingerprint density at radius 1 is 1.10 bits per heavy atom. The van der Waals surface area contributed by atoms with Crippen molar-refractivity contribution in [1.82, 2.24) is 15.0 Å². The molecule has 2 aromatic heterocycles. The number of carboxylic acids is 1. The van der Waals surface area contributed by atoms with E-state index in [-0.39, 0.29) is 11.4 Å². The lowest BCUT2D eigenvalue weighted by Gasteiger charge is -2.05. The summed E-state index contributed by atoms with van der Waals surface area (Å²) in [5.41, 5.74) is 1.51. The van der Waals surface area contributed by atoms with E-state index in [1.54, 1.807) is 0 Å². The van der Waals surface area contributed by atoms with Crippen LogP contribution >= 0.6 is 0 Å². The van der Waals surface area contributed by atoms with Gasteiger partial charge in [-0.3, -0.25) is 4.98 Å². The molecule has 0 amide bonds. The minimum Gasteiger partial charge on any atom is -0.478 e. The summed E-state index contributed by atoms with van der Waals surface area (Å²) in [6.07, 6.45) is 4.15. The van der Waals surface area contributed by atoms with Gasteiger partial charge in [-0.25, -0.2) is 14.8 Å². The number of nitrogens with zero attached hydrogens (tertiary/aromatic N) is 3. The fourth-order valence-corrected chi connectivity index (χ4v) is 1.70. The summed E-state index contributed by atoms with van der Waals surface area (Å²) in [5, 5.41) is 8.89. The van der Waals surface area contributed by atoms with E-state index in [1.807, 2.05) is 24.3 Å². The van der Waals surface area contributed by atoms with E-state index in [1.165, 1.54) is 24.7 Å². The standard InChI is InChI=1S/C14H9N3O3/c18-14(19)9-5-10(7-15-6-9)20-13-8-16-11-3-1-2-4-12(11)17-13/h1-8H,(H,18,19). The van der Waals surface area contributed by atoms with E-state index in [0.29, 0.717) is 11.3 Å². The van der Waals surface area contributed by atoms with Gasteiger partial charge in [0.1, 0.15) is 5.75 Å². The summed E-state index contributed by atoms with van der Waals surface area (Å²) in [4.78, 5) is 23.2. The largest absolute Gasteiger partial charge is 0.478 e. The van der Waals surface area contributed by atoms with Gasteiger partial charge >= 0.3 is 5.97 Å². The summed E-state index contributed by atoms with van der Waals surface area (Å²) >= 11 is 0. The Morgan fingerprint density at radius 2 is 1.90 bits per heavy atom. The zero-order chi connectivity index (χ0) is 13.9. The number of carbonyl (C=O) groups is 1. The van der Waals surface area contributed by atoms with Crippen LogP contribution in [0.5, 0.6) is 11.6 Å². The first-order valence-corrected chi connectivity index (χ1v) is 5.80. The van der Waals surface area contributed by atoms with Crippen LogP contribution in [-0.2, 0) is 0 Å². The number of aromatic nitrogens is 3. The van der Waals surface area contributed by atoms with E-state index < -0.39 is 5.97 Å². The highest BCUT2D eigenvalue weighted by Crippen LogP contribution is 2.20. The van der Waals surface area contributed by atoms with Crippen molar-refractivity contribution in [2.75, 3.05) is 0 Å². The summed E-state index contributed by atoms with van der Waals surface area (Å²) in [6, 6.07) is 8.78. The predicted octanol–water partition coefficient (Wildman–Crippen LogP) is 2.52. The molecule has 0 saturated heterocycles. The molecule has 6 nitrogen and oxygen atoms in total. The molecule has 0 atom stereocenters. The molecule has 6 heteroatoms. The van der Waals surface area contributed by atoms with Crippen molar-refractivity contribution in [1.29, 1.82) is 0 Å². The molecule has 98 valence electrons. The lowest BCUT2D eigenvalue weighted by molar-refractivity contribution is 0.0696. The number of pyridine rings is 1. The van der Waals surface area contributed by atoms with Crippen molar-refractivity contribution in [3.8, 4) is 11.6 Å². The first-order valence-electron chi connectivity index (χ1n) is 5.80. The highest BCUT2D eigenvalue weighted by molar-refractivity contribution is 5.87. The average molecular weight is 267 g/mol. The minimum absolute atomic E-state index is 0.0521. The van der Waals surface area contributed by atoms with Crippen LogP contribution in [0.15, 0.2) is 48.9 Å². The van der Waals surface area contributed by atoms with Crippen molar-refractivity contribution in [2.24, 2.45) is 0 Å². The maximum Gasteiger partial charge on any atom is 0.337 e. The van der Waals surface area contributed by atoms with Crippen LogP contribution in [0, 0.1) is 0 Å². The number of hydrogen-bond donors (Lipinski definition) is 1. The van der Waals surface area contributed by atoms with Gasteiger partial charge in [0, 0.05) is 6.20 Å². The molecular formula is C14H9N3O3. The molecule has 0 saturated carbocycles. The molecule has 1 N–H and O–H groups in total. The van der Waals surface area contributed by atoms with Gasteiger partial charge in [0.05, 0.1) is 29.0 Å². The van der Waals surface area contributed by atoms with Gasteiger partial charge in [0.15, 0.2) is 0 Å². The van der Waals surface area contributed by atoms with Gasteiger partial charge in [-0.2, -0.15) is 0 Å². The fourth-order valence-electron chi connectivity index (χ4n) is 1.70. The van der Waals surface area contributed by atoms with E-state index >= 15 is 0 Å². The number of ether oxygens (including phenoxy) is 1. The van der Waals surface area contributed by atoms with Gasteiger partial charge in [-0.15, -0.1) is 0 Å². The first-order chi connectivity index (χ1) is 9.72. The Bertz CT molecular complexity index is 789. The van der Waals surface area contributed by atoms with Gasteiger partial charge in [-0.05, 0) is 18.2 Å². The Kier molecular flexibility index (Phi) is 2.96. The van der Waals surface area contributed by atoms with Crippen LogP contribution < -0.4 is 4.74 Å². The maximum atomic E-state index is 10.9. The molecule has 0 fully saturated rings. The summed E-state index contributed by atoms with van der Waals surface area (Å²) in [5.74, 6) is -0.477. The number of benzene rings is 1. The SMILES string of the molecule is O=C(O)c1cncc(Oc2cnc3ccccc3n2)c1. The van der Waals surface area contributed by atoms with Crippen molar-refractivity contribution in [2.45, 2.75) is 0 Å². The highest BCUT2D eigenvalue weighted by Gasteiger charge is 2.07. The Hall–Kier alpha value is -3.02. The van der Waals surface area contributed by atoms with Crippen LogP contribution in [-0.4, -0.2) is 26.0 Å². The minimum atomic E-state index is -1.06. The number of hydrogen-bond acceptors (Lipinski definition) is 5. The number of fused-ring (bicyclic) bond motifs is 1. The van der Waals surface area contributed by atoms with Crippen LogP contribution in [0.1, 0.15) is 10.4 Å². The number of para-hydroxylation sites is 2. The van der Waals surface area contributed by atoms with Gasteiger partial charge < -0.3 is 9.84 Å². The molecule has 0 spiro atoms. The molecule has 0 unspecified atom stereocenters. The van der Waals surface area contributed by atoms with Crippen molar-refractivity contribution in [3.63, 3.8) is 0 Å². The molecule has 1 aromatic carbocycles. The second-order valence-corrected chi connectivity index (χ2v) is 4.01. The normalized spacial score (nSPS) is 10.4. The number of carboxylic acid groups (broad SMARTS) is 1. The zero-order valence-electron chi connectivity index (χ0n) is 10.2. The molecule has 0 aliphatic heterocycles. The Morgan fingerprint density at radius 3 is 2.70 bits per heavy atom. The molecular weight excluding hydrogens is 258 g/mol. The zero-order valence-corrected chi connectivity index (χ0v) is 10.2. The number of rotatable bonds is 3. The van der Waals surface area contributed by atoms with Crippen molar-refractivity contribution in [3.05, 3.63) is 54.5 Å². The molecule has 3 aromatic rings. The van der Waals surface area contributed by atoms with Crippen LogP contribution in [0.25, 0.3) is 11.0 Å². The van der Waals surface area contributed by atoms with Crippen molar-refractivity contribution < 1.29 is 14.6 Å². The third-order valence-electron chi connectivity index (χ3n) is 2.61. The molecule has 0 radical (unpaired) electrons. The van der Waals surface area contributed by atoms with Crippen LogP contribution in [0.4, 0.5) is 0 Å². The van der Waals surface area contributed by atoms with Crippen molar-refractivity contribution >= 4 is 17.0 Å². The summed E-state index contributed by atoms with van der Waals surface area (Å²) < 4.78 is 5.48. The molecule has 20 heavy (non-hydrogen) atoms. The number of aromatic carboxylic acids is 1. The lowest BCUT2D eigenvalue weighted by Crippen LogP contribution is -1.98. The lowest BCUT2D eigenvalue weighted by atomic mass is 10.3. The summed E-state index contributed by atoms with van der Waals surface area (Å²) in [7, 11) is 0. The van der Waals surface area contributed by atoms with Crippen LogP contribution in [0.2, 0.25) is 0 Å². The highest BCUT2D eigenvalue weighted by atomic mass is 16.5. The smallest absolute Gasteiger partial charge is 0.337 e. The van der Waals surface area contributed by atoms with Crippen LogP contribution in [0.3, 0.4) is 0 Å². The average Bonchev–Trinajstić information content (AvgIpc) is 2.47. The third-order valence-corrected chi connectivity index (χ3v) is 2.61. The fraction of sp³-hybridized carbons (Fsp3) is 0. The molecule has 0 bridgehead atoms. The molecule has 0 aliphatic rings. The van der Waals surface area contributed by atoms with Gasteiger partial charge in [0.2, 0.25) is 5.88 Å². The second-order valence-electron chi connectivity index (χ2n) is 4.01. The van der Waals surface area contributed by atoms with Gasteiger partial charge in [0.25, 0.3) is 0 Å². The Balaban J connectivity index is 1.92. The topological polar surface area (TPSA) is 85.2 Å². The predicted molar refractivity (Wildman–Crippen MR) is 70.8 cm³/mol. The molecule has 3 rings (SSSR count). The first kappa shape index (κ1) is 12.0. The Labute approximate surface area is 113 Å². The van der Waals surface area contributed by atoms with E-state index in [0.717, 1.165) is 5.52 Å².